The Hall–Kier alpha value is -3.05. The van der Waals surface area contributed by atoms with Crippen LogP contribution in [0.1, 0.15) is 11.1 Å². The Morgan fingerprint density at radius 3 is 2.48 bits per heavy atom. The molecule has 0 saturated carbocycles. The number of amides is 2. The number of hydroxylamine groups is 1. The number of nitrogens with one attached hydrogen (secondary N) is 2. The van der Waals surface area contributed by atoms with E-state index in [-0.39, 0.29) is 6.03 Å². The monoisotopic (exact) mass is 336 g/mol. The van der Waals surface area contributed by atoms with Gasteiger partial charge in [-0.2, -0.15) is 0 Å². The van der Waals surface area contributed by atoms with E-state index in [1.165, 1.54) is 0 Å². The number of benzene rings is 3. The summed E-state index contributed by atoms with van der Waals surface area (Å²) in [6, 6.07) is 21.2. The van der Waals surface area contributed by atoms with Crippen molar-refractivity contribution in [2.45, 2.75) is 13.2 Å². The van der Waals surface area contributed by atoms with Gasteiger partial charge in [-0.1, -0.05) is 48.5 Å². The van der Waals surface area contributed by atoms with Crippen LogP contribution in [-0.4, -0.2) is 13.1 Å². The predicted octanol–water partition coefficient (Wildman–Crippen LogP) is 3.78. The molecular formula is C20H20N2O3. The number of urea groups is 1. The first-order valence-electron chi connectivity index (χ1n) is 8.01. The second-order valence-electron chi connectivity index (χ2n) is 5.61. The van der Waals surface area contributed by atoms with Gasteiger partial charge in [0.25, 0.3) is 0 Å². The van der Waals surface area contributed by atoms with Crippen molar-refractivity contribution >= 4 is 16.8 Å². The summed E-state index contributed by atoms with van der Waals surface area (Å²) < 4.78 is 5.22. The van der Waals surface area contributed by atoms with Crippen LogP contribution in [0, 0.1) is 0 Å². The average Bonchev–Trinajstić information content (AvgIpc) is 2.66. The van der Waals surface area contributed by atoms with E-state index in [1.807, 2.05) is 66.7 Å². The van der Waals surface area contributed by atoms with Gasteiger partial charge in [-0.05, 0) is 40.1 Å². The fourth-order valence-corrected chi connectivity index (χ4v) is 2.49. The third-order valence-corrected chi connectivity index (χ3v) is 3.81. The van der Waals surface area contributed by atoms with E-state index in [9.17, 15) is 4.79 Å². The topological polar surface area (TPSA) is 59.6 Å². The minimum Gasteiger partial charge on any atom is -0.497 e. The zero-order valence-electron chi connectivity index (χ0n) is 14.0. The SMILES string of the molecule is COc1ccc2cc(CNC(=O)NOCc3ccccc3)ccc2c1. The molecule has 2 amide bonds. The maximum atomic E-state index is 11.8. The van der Waals surface area contributed by atoms with Crippen LogP contribution in [0.3, 0.4) is 0 Å². The molecule has 0 aromatic heterocycles. The smallest absolute Gasteiger partial charge is 0.338 e. The lowest BCUT2D eigenvalue weighted by Crippen LogP contribution is -2.34. The van der Waals surface area contributed by atoms with E-state index < -0.39 is 0 Å². The highest BCUT2D eigenvalue weighted by molar-refractivity contribution is 5.84. The fourth-order valence-electron chi connectivity index (χ4n) is 2.49. The molecule has 0 fully saturated rings. The Balaban J connectivity index is 1.49. The normalized spacial score (nSPS) is 10.4. The van der Waals surface area contributed by atoms with Gasteiger partial charge in [0.05, 0.1) is 13.7 Å². The molecule has 5 heteroatoms. The van der Waals surface area contributed by atoms with Crippen molar-refractivity contribution in [3.8, 4) is 5.75 Å². The highest BCUT2D eigenvalue weighted by Crippen LogP contribution is 2.21. The van der Waals surface area contributed by atoms with Gasteiger partial charge in [0.1, 0.15) is 5.75 Å². The molecule has 0 aliphatic carbocycles. The molecule has 0 saturated heterocycles. The molecule has 0 heterocycles. The van der Waals surface area contributed by atoms with Crippen LogP contribution < -0.4 is 15.5 Å². The first-order valence-corrected chi connectivity index (χ1v) is 8.01. The third kappa shape index (κ3) is 4.71. The summed E-state index contributed by atoms with van der Waals surface area (Å²) in [6.45, 7) is 0.745. The van der Waals surface area contributed by atoms with Gasteiger partial charge < -0.3 is 10.1 Å². The molecule has 0 aliphatic rings. The summed E-state index contributed by atoms with van der Waals surface area (Å²) in [5.41, 5.74) is 4.39. The lowest BCUT2D eigenvalue weighted by molar-refractivity contribution is 0.0490. The van der Waals surface area contributed by atoms with Gasteiger partial charge in [0.2, 0.25) is 0 Å². The molecule has 25 heavy (non-hydrogen) atoms. The van der Waals surface area contributed by atoms with Gasteiger partial charge in [0, 0.05) is 6.54 Å². The maximum absolute atomic E-state index is 11.8. The number of ether oxygens (including phenoxy) is 1. The second-order valence-corrected chi connectivity index (χ2v) is 5.61. The van der Waals surface area contributed by atoms with E-state index >= 15 is 0 Å². The molecule has 2 N–H and O–H groups in total. The first kappa shape index (κ1) is 16.8. The minimum atomic E-state index is -0.370. The second kappa shape index (κ2) is 8.17. The molecule has 5 nitrogen and oxygen atoms in total. The molecule has 0 spiro atoms. The molecule has 0 atom stereocenters. The van der Waals surface area contributed by atoms with Crippen LogP contribution in [0.2, 0.25) is 0 Å². The highest BCUT2D eigenvalue weighted by atomic mass is 16.7. The largest absolute Gasteiger partial charge is 0.497 e. The Kier molecular flexibility index (Phi) is 5.49. The molecule has 3 aromatic rings. The zero-order valence-corrected chi connectivity index (χ0v) is 14.0. The van der Waals surface area contributed by atoms with Crippen molar-refractivity contribution in [2.75, 3.05) is 7.11 Å². The van der Waals surface area contributed by atoms with E-state index in [4.69, 9.17) is 9.57 Å². The molecule has 128 valence electrons. The lowest BCUT2D eigenvalue weighted by Gasteiger charge is -2.09. The van der Waals surface area contributed by atoms with Crippen LogP contribution in [0.15, 0.2) is 66.7 Å². The quantitative estimate of drug-likeness (QED) is 0.674. The molecule has 0 unspecified atom stereocenters. The number of hydrogen-bond acceptors (Lipinski definition) is 3. The Bertz CT molecular complexity index is 850. The maximum Gasteiger partial charge on any atom is 0.338 e. The summed E-state index contributed by atoms with van der Waals surface area (Å²) in [5.74, 6) is 0.827. The van der Waals surface area contributed by atoms with Crippen LogP contribution in [0.25, 0.3) is 10.8 Å². The minimum absolute atomic E-state index is 0.325. The van der Waals surface area contributed by atoms with E-state index in [0.717, 1.165) is 27.6 Å². The summed E-state index contributed by atoms with van der Waals surface area (Å²) in [6.07, 6.45) is 0. The van der Waals surface area contributed by atoms with E-state index in [0.29, 0.717) is 13.2 Å². The Labute approximate surface area is 146 Å². The van der Waals surface area contributed by atoms with Crippen LogP contribution >= 0.6 is 0 Å². The highest BCUT2D eigenvalue weighted by Gasteiger charge is 2.03. The van der Waals surface area contributed by atoms with Crippen molar-refractivity contribution in [1.82, 2.24) is 10.8 Å². The van der Waals surface area contributed by atoms with E-state index in [1.54, 1.807) is 7.11 Å². The number of methoxy groups -OCH3 is 1. The summed E-state index contributed by atoms with van der Waals surface area (Å²) in [7, 11) is 1.65. The molecule has 0 radical (unpaired) electrons. The van der Waals surface area contributed by atoms with Crippen LogP contribution in [-0.2, 0) is 18.0 Å². The lowest BCUT2D eigenvalue weighted by atomic mass is 10.1. The Morgan fingerprint density at radius 2 is 1.68 bits per heavy atom. The van der Waals surface area contributed by atoms with Gasteiger partial charge in [-0.3, -0.25) is 4.84 Å². The summed E-state index contributed by atoms with van der Waals surface area (Å²) in [4.78, 5) is 17.0. The van der Waals surface area contributed by atoms with Crippen molar-refractivity contribution in [1.29, 1.82) is 0 Å². The summed E-state index contributed by atoms with van der Waals surface area (Å²) in [5, 5.41) is 4.97. The summed E-state index contributed by atoms with van der Waals surface area (Å²) >= 11 is 0. The number of fused-ring (bicyclic) bond motifs is 1. The van der Waals surface area contributed by atoms with Crippen molar-refractivity contribution in [3.05, 3.63) is 77.9 Å². The molecule has 0 bridgehead atoms. The standard InChI is InChI=1S/C20H20N2O3/c1-24-19-10-9-17-11-16(7-8-18(17)12-19)13-21-20(23)22-25-14-15-5-3-2-4-6-15/h2-12H,13-14H2,1H3,(H2,21,22,23). The first-order chi connectivity index (χ1) is 12.2. The number of rotatable bonds is 6. The van der Waals surface area contributed by atoms with Gasteiger partial charge in [-0.25, -0.2) is 10.3 Å². The zero-order chi connectivity index (χ0) is 17.5. The van der Waals surface area contributed by atoms with Crippen molar-refractivity contribution < 1.29 is 14.4 Å². The van der Waals surface area contributed by atoms with E-state index in [2.05, 4.69) is 10.8 Å². The molecular weight excluding hydrogens is 316 g/mol. The van der Waals surface area contributed by atoms with Crippen LogP contribution in [0.5, 0.6) is 5.75 Å². The van der Waals surface area contributed by atoms with Gasteiger partial charge >= 0.3 is 6.03 Å². The number of carbonyl (C=O) groups is 1. The Morgan fingerprint density at radius 1 is 0.920 bits per heavy atom. The average molecular weight is 336 g/mol. The van der Waals surface area contributed by atoms with Crippen molar-refractivity contribution in [3.63, 3.8) is 0 Å². The molecule has 3 rings (SSSR count). The predicted molar refractivity (Wildman–Crippen MR) is 97.1 cm³/mol. The molecule has 0 aliphatic heterocycles. The van der Waals surface area contributed by atoms with Crippen molar-refractivity contribution in [2.24, 2.45) is 0 Å². The number of hydrogen-bond donors (Lipinski definition) is 2. The van der Waals surface area contributed by atoms with Gasteiger partial charge in [0.15, 0.2) is 0 Å². The third-order valence-electron chi connectivity index (χ3n) is 3.81. The molecule has 3 aromatic carbocycles. The van der Waals surface area contributed by atoms with Gasteiger partial charge in [-0.15, -0.1) is 0 Å². The number of carbonyl (C=O) groups excluding carboxylic acids is 1. The fraction of sp³-hybridized carbons (Fsp3) is 0.150. The van der Waals surface area contributed by atoms with Crippen LogP contribution in [0.4, 0.5) is 4.79 Å².